The third kappa shape index (κ3) is 1.61. The molecule has 0 amide bonds. The van der Waals surface area contributed by atoms with Gasteiger partial charge in [-0.15, -0.1) is 0 Å². The first-order valence-corrected chi connectivity index (χ1v) is 5.14. The van der Waals surface area contributed by atoms with Crippen molar-refractivity contribution in [3.05, 3.63) is 24.2 Å². The Morgan fingerprint density at radius 1 is 1.40 bits per heavy atom. The van der Waals surface area contributed by atoms with Crippen molar-refractivity contribution in [2.24, 2.45) is 18.7 Å². The van der Waals surface area contributed by atoms with Crippen LogP contribution < -0.4 is 5.73 Å². The zero-order chi connectivity index (χ0) is 11.0. The Morgan fingerprint density at radius 2 is 2.13 bits per heavy atom. The van der Waals surface area contributed by atoms with Crippen LogP contribution in [0.2, 0.25) is 0 Å². The number of nitrogens with two attached hydrogens (primary N) is 1. The van der Waals surface area contributed by atoms with Crippen molar-refractivity contribution in [1.29, 1.82) is 0 Å². The van der Waals surface area contributed by atoms with E-state index in [-0.39, 0.29) is 6.04 Å². The number of nitrogens with zero attached hydrogens (tertiary/aromatic N) is 3. The minimum Gasteiger partial charge on any atom is -0.321 e. The minimum atomic E-state index is -0.0378. The molecule has 15 heavy (non-hydrogen) atoms. The van der Waals surface area contributed by atoms with Crippen LogP contribution in [0.15, 0.2) is 18.3 Å². The zero-order valence-corrected chi connectivity index (χ0v) is 9.31. The number of fused-ring (bicyclic) bond motifs is 1. The molecule has 1 atom stereocenters. The van der Waals surface area contributed by atoms with Crippen LogP contribution in [0.5, 0.6) is 0 Å². The fraction of sp³-hybridized carbons (Fsp3) is 0.455. The molecular formula is C11H16N4. The average molecular weight is 204 g/mol. The van der Waals surface area contributed by atoms with Gasteiger partial charge in [-0.3, -0.25) is 0 Å². The Bertz CT molecular complexity index is 472. The van der Waals surface area contributed by atoms with E-state index in [1.54, 1.807) is 6.20 Å². The van der Waals surface area contributed by atoms with E-state index in [2.05, 4.69) is 23.8 Å². The van der Waals surface area contributed by atoms with Crippen molar-refractivity contribution >= 4 is 11.2 Å². The molecule has 0 spiro atoms. The smallest absolute Gasteiger partial charge is 0.159 e. The third-order valence-electron chi connectivity index (χ3n) is 2.68. The topological polar surface area (TPSA) is 56.7 Å². The van der Waals surface area contributed by atoms with E-state index in [4.69, 9.17) is 5.73 Å². The van der Waals surface area contributed by atoms with E-state index < -0.39 is 0 Å². The molecule has 2 aromatic heterocycles. The van der Waals surface area contributed by atoms with E-state index in [0.29, 0.717) is 5.92 Å². The number of imidazole rings is 1. The maximum Gasteiger partial charge on any atom is 0.159 e. The number of aryl methyl sites for hydroxylation is 1. The Kier molecular flexibility index (Phi) is 2.44. The first kappa shape index (κ1) is 10.1. The Labute approximate surface area is 89.1 Å². The third-order valence-corrected chi connectivity index (χ3v) is 2.68. The summed E-state index contributed by atoms with van der Waals surface area (Å²) >= 11 is 0. The largest absolute Gasteiger partial charge is 0.321 e. The van der Waals surface area contributed by atoms with Gasteiger partial charge in [0.25, 0.3) is 0 Å². The summed E-state index contributed by atoms with van der Waals surface area (Å²) in [4.78, 5) is 8.80. The molecule has 0 aliphatic rings. The predicted octanol–water partition coefficient (Wildman–Crippen LogP) is 1.62. The van der Waals surface area contributed by atoms with Crippen molar-refractivity contribution in [2.45, 2.75) is 19.9 Å². The molecule has 1 unspecified atom stereocenters. The van der Waals surface area contributed by atoms with E-state index in [9.17, 15) is 0 Å². The molecule has 4 heteroatoms. The summed E-state index contributed by atoms with van der Waals surface area (Å²) in [5, 5.41) is 0. The molecule has 2 rings (SSSR count). The van der Waals surface area contributed by atoms with Gasteiger partial charge < -0.3 is 10.3 Å². The van der Waals surface area contributed by atoms with Gasteiger partial charge in [-0.1, -0.05) is 13.8 Å². The highest BCUT2D eigenvalue weighted by molar-refractivity contribution is 5.71. The second kappa shape index (κ2) is 3.62. The van der Waals surface area contributed by atoms with Gasteiger partial charge in [0.1, 0.15) is 11.3 Å². The van der Waals surface area contributed by atoms with Crippen LogP contribution in [0.25, 0.3) is 11.2 Å². The SMILES string of the molecule is CC(C)C(N)c1nc2cccnc2n1C. The highest BCUT2D eigenvalue weighted by atomic mass is 15.1. The van der Waals surface area contributed by atoms with E-state index in [0.717, 1.165) is 17.0 Å². The summed E-state index contributed by atoms with van der Waals surface area (Å²) in [6.45, 7) is 4.19. The summed E-state index contributed by atoms with van der Waals surface area (Å²) in [7, 11) is 1.96. The van der Waals surface area contributed by atoms with E-state index in [1.165, 1.54) is 0 Å². The lowest BCUT2D eigenvalue weighted by Crippen LogP contribution is -2.20. The van der Waals surface area contributed by atoms with Crippen LogP contribution in [0, 0.1) is 5.92 Å². The maximum absolute atomic E-state index is 6.09. The normalized spacial score (nSPS) is 13.7. The Balaban J connectivity index is 2.58. The standard InChI is InChI=1S/C11H16N4/c1-7(2)9(12)11-14-8-5-4-6-13-10(8)15(11)3/h4-7,9H,12H2,1-3H3. The van der Waals surface area contributed by atoms with Crippen molar-refractivity contribution in [3.8, 4) is 0 Å². The maximum atomic E-state index is 6.09. The molecule has 0 saturated heterocycles. The molecule has 2 N–H and O–H groups in total. The van der Waals surface area contributed by atoms with Gasteiger partial charge >= 0.3 is 0 Å². The molecular weight excluding hydrogens is 188 g/mol. The second-order valence-corrected chi connectivity index (χ2v) is 4.14. The summed E-state index contributed by atoms with van der Waals surface area (Å²) in [6.07, 6.45) is 1.77. The molecule has 2 aromatic rings. The zero-order valence-electron chi connectivity index (χ0n) is 9.31. The number of hydrogen-bond donors (Lipinski definition) is 1. The average Bonchev–Trinajstić information content (AvgIpc) is 2.56. The Hall–Kier alpha value is -1.42. The molecule has 0 fully saturated rings. The first-order valence-electron chi connectivity index (χ1n) is 5.14. The lowest BCUT2D eigenvalue weighted by Gasteiger charge is -2.14. The summed E-state index contributed by atoms with van der Waals surface area (Å²) in [6, 6.07) is 3.81. The molecule has 0 aliphatic carbocycles. The number of aromatic nitrogens is 3. The van der Waals surface area contributed by atoms with Gasteiger partial charge in [0.15, 0.2) is 5.65 Å². The molecule has 0 aliphatic heterocycles. The molecule has 80 valence electrons. The van der Waals surface area contributed by atoms with Crippen LogP contribution >= 0.6 is 0 Å². The van der Waals surface area contributed by atoms with E-state index in [1.807, 2.05) is 23.7 Å². The van der Waals surface area contributed by atoms with Gasteiger partial charge in [-0.2, -0.15) is 0 Å². The van der Waals surface area contributed by atoms with Gasteiger partial charge in [0, 0.05) is 13.2 Å². The van der Waals surface area contributed by atoms with Gasteiger partial charge in [-0.05, 0) is 18.1 Å². The highest BCUT2D eigenvalue weighted by Crippen LogP contribution is 2.21. The van der Waals surface area contributed by atoms with Gasteiger partial charge in [0.2, 0.25) is 0 Å². The van der Waals surface area contributed by atoms with Crippen molar-refractivity contribution in [3.63, 3.8) is 0 Å². The Morgan fingerprint density at radius 3 is 2.73 bits per heavy atom. The van der Waals surface area contributed by atoms with Crippen LogP contribution in [-0.4, -0.2) is 14.5 Å². The molecule has 0 saturated carbocycles. The molecule has 2 heterocycles. The fourth-order valence-electron chi connectivity index (χ4n) is 1.64. The van der Waals surface area contributed by atoms with Crippen LogP contribution in [-0.2, 0) is 7.05 Å². The first-order chi connectivity index (χ1) is 7.11. The van der Waals surface area contributed by atoms with Crippen LogP contribution in [0.4, 0.5) is 0 Å². The summed E-state index contributed by atoms with van der Waals surface area (Å²) in [5.74, 6) is 1.28. The van der Waals surface area contributed by atoms with Crippen molar-refractivity contribution in [1.82, 2.24) is 14.5 Å². The highest BCUT2D eigenvalue weighted by Gasteiger charge is 2.17. The monoisotopic (exact) mass is 204 g/mol. The quantitative estimate of drug-likeness (QED) is 0.808. The fourth-order valence-corrected chi connectivity index (χ4v) is 1.64. The number of pyridine rings is 1. The second-order valence-electron chi connectivity index (χ2n) is 4.14. The number of rotatable bonds is 2. The van der Waals surface area contributed by atoms with E-state index >= 15 is 0 Å². The minimum absolute atomic E-state index is 0.0378. The predicted molar refractivity (Wildman–Crippen MR) is 60.3 cm³/mol. The molecule has 0 aromatic carbocycles. The molecule has 0 bridgehead atoms. The summed E-state index contributed by atoms with van der Waals surface area (Å²) < 4.78 is 1.97. The van der Waals surface area contributed by atoms with Gasteiger partial charge in [-0.25, -0.2) is 9.97 Å². The van der Waals surface area contributed by atoms with Crippen LogP contribution in [0.1, 0.15) is 25.7 Å². The van der Waals surface area contributed by atoms with Crippen molar-refractivity contribution < 1.29 is 0 Å². The summed E-state index contributed by atoms with van der Waals surface area (Å²) in [5.41, 5.74) is 7.89. The lowest BCUT2D eigenvalue weighted by atomic mass is 10.1. The van der Waals surface area contributed by atoms with Gasteiger partial charge in [0.05, 0.1) is 6.04 Å². The van der Waals surface area contributed by atoms with Crippen LogP contribution in [0.3, 0.4) is 0 Å². The molecule has 4 nitrogen and oxygen atoms in total. The lowest BCUT2D eigenvalue weighted by molar-refractivity contribution is 0.480. The van der Waals surface area contributed by atoms with Crippen molar-refractivity contribution in [2.75, 3.05) is 0 Å². The number of hydrogen-bond acceptors (Lipinski definition) is 3. The molecule has 0 radical (unpaired) electrons.